The Morgan fingerprint density at radius 3 is 2.33 bits per heavy atom. The summed E-state index contributed by atoms with van der Waals surface area (Å²) in [5.41, 5.74) is -5.56. The number of ether oxygens (including phenoxy) is 1. The number of sulfone groups is 1. The van der Waals surface area contributed by atoms with Crippen molar-refractivity contribution in [2.75, 3.05) is 19.0 Å². The third kappa shape index (κ3) is 4.57. The van der Waals surface area contributed by atoms with Crippen LogP contribution in [0.3, 0.4) is 0 Å². The Balaban J connectivity index is 2.38. The van der Waals surface area contributed by atoms with Crippen molar-refractivity contribution < 1.29 is 35.5 Å². The number of rotatable bonds is 6. The summed E-state index contributed by atoms with van der Waals surface area (Å²) < 4.78 is 80.1. The van der Waals surface area contributed by atoms with Crippen LogP contribution in [-0.4, -0.2) is 33.5 Å². The maximum Gasteiger partial charge on any atom is 0.501 e. The van der Waals surface area contributed by atoms with E-state index in [1.165, 1.54) is 0 Å². The molecule has 27 heavy (non-hydrogen) atoms. The lowest BCUT2D eigenvalue weighted by Gasteiger charge is -2.19. The summed E-state index contributed by atoms with van der Waals surface area (Å²) in [5.74, 6) is -2.73. The molecule has 0 aliphatic rings. The number of carbonyl (C=O) groups is 1. The summed E-state index contributed by atoms with van der Waals surface area (Å²) in [6.45, 7) is -0.261. The fourth-order valence-electron chi connectivity index (χ4n) is 2.37. The predicted octanol–water partition coefficient (Wildman–Crippen LogP) is 3.49. The number of hydrogen-bond acceptors (Lipinski definition) is 5. The van der Waals surface area contributed by atoms with E-state index in [1.807, 2.05) is 0 Å². The number of halogens is 4. The van der Waals surface area contributed by atoms with E-state index in [4.69, 9.17) is 0 Å². The Morgan fingerprint density at radius 2 is 1.78 bits per heavy atom. The van der Waals surface area contributed by atoms with E-state index in [0.29, 0.717) is 5.56 Å². The Bertz CT molecular complexity index is 914. The van der Waals surface area contributed by atoms with Crippen molar-refractivity contribution in [3.05, 3.63) is 59.9 Å². The van der Waals surface area contributed by atoms with Crippen molar-refractivity contribution >= 4 is 21.5 Å². The van der Waals surface area contributed by atoms with Crippen LogP contribution in [0.5, 0.6) is 0 Å². The van der Waals surface area contributed by atoms with Gasteiger partial charge in [0.2, 0.25) is 0 Å². The molecule has 0 radical (unpaired) electrons. The Hall–Kier alpha value is -2.62. The van der Waals surface area contributed by atoms with Gasteiger partial charge in [-0.1, -0.05) is 30.3 Å². The highest BCUT2D eigenvalue weighted by Gasteiger charge is 2.48. The zero-order chi connectivity index (χ0) is 20.2. The Labute approximate surface area is 152 Å². The second-order valence-corrected chi connectivity index (χ2v) is 7.37. The first-order valence-electron chi connectivity index (χ1n) is 7.55. The minimum absolute atomic E-state index is 0.261. The number of alkyl halides is 3. The Kier molecular flexibility index (Phi) is 6.09. The van der Waals surface area contributed by atoms with Gasteiger partial charge in [-0.3, -0.25) is 4.79 Å². The van der Waals surface area contributed by atoms with Crippen molar-refractivity contribution in [1.82, 2.24) is 0 Å². The molecular weight excluding hydrogens is 390 g/mol. The van der Waals surface area contributed by atoms with Crippen molar-refractivity contribution in [1.29, 1.82) is 0 Å². The normalized spacial score (nSPS) is 13.1. The van der Waals surface area contributed by atoms with Crippen LogP contribution in [0.4, 0.5) is 23.2 Å². The summed E-state index contributed by atoms with van der Waals surface area (Å²) in [6, 6.07) is 10.2. The Morgan fingerprint density at radius 1 is 1.15 bits per heavy atom. The molecule has 0 amide bonds. The number of hydrogen-bond donors (Lipinski definition) is 1. The van der Waals surface area contributed by atoms with E-state index < -0.39 is 43.6 Å². The first-order chi connectivity index (χ1) is 12.6. The second kappa shape index (κ2) is 7.95. The molecule has 0 aliphatic carbocycles. The average molecular weight is 405 g/mol. The lowest BCUT2D eigenvalue weighted by Crippen LogP contribution is -2.26. The fraction of sp³-hybridized carbons (Fsp3) is 0.235. The van der Waals surface area contributed by atoms with E-state index in [2.05, 4.69) is 10.1 Å². The molecule has 0 saturated heterocycles. The number of anilines is 1. The highest BCUT2D eigenvalue weighted by Crippen LogP contribution is 2.35. The average Bonchev–Trinajstić information content (AvgIpc) is 2.62. The number of esters is 1. The first kappa shape index (κ1) is 20.7. The van der Waals surface area contributed by atoms with Gasteiger partial charge in [-0.2, -0.15) is 13.2 Å². The summed E-state index contributed by atoms with van der Waals surface area (Å²) in [6.07, 6.45) is 0. The summed E-state index contributed by atoms with van der Waals surface area (Å²) in [7, 11) is -4.64. The van der Waals surface area contributed by atoms with E-state index in [0.717, 1.165) is 19.2 Å². The molecule has 2 aromatic rings. The van der Waals surface area contributed by atoms with Crippen LogP contribution in [0.2, 0.25) is 0 Å². The topological polar surface area (TPSA) is 72.5 Å². The third-order valence-electron chi connectivity index (χ3n) is 3.72. The van der Waals surface area contributed by atoms with E-state index in [1.54, 1.807) is 30.3 Å². The molecule has 1 atom stereocenters. The third-order valence-corrected chi connectivity index (χ3v) is 5.25. The van der Waals surface area contributed by atoms with E-state index in [9.17, 15) is 30.8 Å². The minimum Gasteiger partial charge on any atom is -0.468 e. The van der Waals surface area contributed by atoms with Crippen molar-refractivity contribution in [2.45, 2.75) is 16.3 Å². The summed E-state index contributed by atoms with van der Waals surface area (Å²) >= 11 is 0. The van der Waals surface area contributed by atoms with Gasteiger partial charge < -0.3 is 10.1 Å². The van der Waals surface area contributed by atoms with Crippen LogP contribution < -0.4 is 5.32 Å². The standard InChI is InChI=1S/C17H15F4NO4S/c1-26-16(23)13(11-5-3-2-4-6-11)10-22-14-8-7-12(18)9-15(14)27(24,25)17(19,20)21/h2-9,13,22H,10H2,1H3. The van der Waals surface area contributed by atoms with Crippen molar-refractivity contribution in [3.8, 4) is 0 Å². The van der Waals surface area contributed by atoms with Gasteiger partial charge in [0.25, 0.3) is 9.84 Å². The zero-order valence-electron chi connectivity index (χ0n) is 14.0. The smallest absolute Gasteiger partial charge is 0.468 e. The fourth-order valence-corrected chi connectivity index (χ4v) is 3.31. The molecule has 0 bridgehead atoms. The zero-order valence-corrected chi connectivity index (χ0v) is 14.8. The SMILES string of the molecule is COC(=O)C(CNc1ccc(F)cc1S(=O)(=O)C(F)(F)F)c1ccccc1. The highest BCUT2D eigenvalue weighted by molar-refractivity contribution is 7.92. The summed E-state index contributed by atoms with van der Waals surface area (Å²) in [5, 5.41) is 2.49. The molecule has 10 heteroatoms. The molecular formula is C17H15F4NO4S. The monoisotopic (exact) mass is 405 g/mol. The van der Waals surface area contributed by atoms with Crippen LogP contribution in [0.25, 0.3) is 0 Å². The van der Waals surface area contributed by atoms with Gasteiger partial charge in [0, 0.05) is 6.54 Å². The lowest BCUT2D eigenvalue weighted by atomic mass is 9.99. The molecule has 0 spiro atoms. The maximum atomic E-state index is 13.4. The van der Waals surface area contributed by atoms with Crippen LogP contribution in [0.1, 0.15) is 11.5 Å². The highest BCUT2D eigenvalue weighted by atomic mass is 32.2. The van der Waals surface area contributed by atoms with Gasteiger partial charge in [-0.25, -0.2) is 12.8 Å². The van der Waals surface area contributed by atoms with Crippen molar-refractivity contribution in [2.24, 2.45) is 0 Å². The molecule has 2 rings (SSSR count). The van der Waals surface area contributed by atoms with Crippen LogP contribution in [0, 0.1) is 5.82 Å². The molecule has 0 aliphatic heterocycles. The van der Waals surface area contributed by atoms with E-state index in [-0.39, 0.29) is 12.6 Å². The van der Waals surface area contributed by atoms with Gasteiger partial charge in [-0.15, -0.1) is 0 Å². The quantitative estimate of drug-likeness (QED) is 0.589. The molecule has 0 fully saturated rings. The second-order valence-electron chi connectivity index (χ2n) is 5.46. The number of nitrogens with one attached hydrogen (secondary N) is 1. The van der Waals surface area contributed by atoms with Gasteiger partial charge >= 0.3 is 11.5 Å². The molecule has 1 N–H and O–H groups in total. The molecule has 0 aromatic heterocycles. The van der Waals surface area contributed by atoms with Gasteiger partial charge in [0.1, 0.15) is 10.7 Å². The van der Waals surface area contributed by atoms with Crippen molar-refractivity contribution in [3.63, 3.8) is 0 Å². The minimum atomic E-state index is -5.79. The predicted molar refractivity (Wildman–Crippen MR) is 89.3 cm³/mol. The molecule has 0 heterocycles. The molecule has 1 unspecified atom stereocenters. The first-order valence-corrected chi connectivity index (χ1v) is 9.04. The van der Waals surface area contributed by atoms with Crippen LogP contribution >= 0.6 is 0 Å². The maximum absolute atomic E-state index is 13.4. The number of benzene rings is 2. The molecule has 0 saturated carbocycles. The molecule has 5 nitrogen and oxygen atoms in total. The lowest BCUT2D eigenvalue weighted by molar-refractivity contribution is -0.142. The summed E-state index contributed by atoms with van der Waals surface area (Å²) in [4.78, 5) is 10.8. The van der Waals surface area contributed by atoms with Gasteiger partial charge in [-0.05, 0) is 23.8 Å². The molecule has 2 aromatic carbocycles. The number of methoxy groups -OCH3 is 1. The number of carbonyl (C=O) groups excluding carboxylic acids is 1. The van der Waals surface area contributed by atoms with Gasteiger partial charge in [0.15, 0.2) is 0 Å². The van der Waals surface area contributed by atoms with E-state index >= 15 is 0 Å². The van der Waals surface area contributed by atoms with Crippen LogP contribution in [0.15, 0.2) is 53.4 Å². The van der Waals surface area contributed by atoms with Crippen LogP contribution in [-0.2, 0) is 19.4 Å². The largest absolute Gasteiger partial charge is 0.501 e. The molecule has 146 valence electrons. The van der Waals surface area contributed by atoms with Gasteiger partial charge in [0.05, 0.1) is 18.7 Å².